The van der Waals surface area contributed by atoms with Crippen molar-refractivity contribution in [1.29, 1.82) is 0 Å². The molecule has 0 aliphatic heterocycles. The van der Waals surface area contributed by atoms with Gasteiger partial charge in [-0.3, -0.25) is 9.59 Å². The summed E-state index contributed by atoms with van der Waals surface area (Å²) in [7, 11) is 0. The molecule has 0 spiro atoms. The zero-order valence-corrected chi connectivity index (χ0v) is 12.8. The van der Waals surface area contributed by atoms with Crippen LogP contribution >= 0.6 is 22.6 Å². The highest BCUT2D eigenvalue weighted by atomic mass is 127. The van der Waals surface area contributed by atoms with E-state index in [1.165, 1.54) is 23.1 Å². The lowest BCUT2D eigenvalue weighted by molar-refractivity contribution is -0.138. The Labute approximate surface area is 124 Å². The van der Waals surface area contributed by atoms with Crippen molar-refractivity contribution in [2.24, 2.45) is 0 Å². The molecule has 0 fully saturated rings. The van der Waals surface area contributed by atoms with E-state index in [1.807, 2.05) is 22.6 Å². The second-order valence-electron chi connectivity index (χ2n) is 4.16. The van der Waals surface area contributed by atoms with Crippen LogP contribution in [0, 0.1) is 9.39 Å². The number of amides is 1. The summed E-state index contributed by atoms with van der Waals surface area (Å²) in [5.74, 6) is -1.63. The van der Waals surface area contributed by atoms with Crippen molar-refractivity contribution in [2.75, 3.05) is 6.54 Å². The van der Waals surface area contributed by atoms with Gasteiger partial charge in [0.1, 0.15) is 5.82 Å². The van der Waals surface area contributed by atoms with E-state index in [0.29, 0.717) is 15.7 Å². The molecule has 1 N–H and O–H groups in total. The molecule has 0 saturated carbocycles. The van der Waals surface area contributed by atoms with Crippen molar-refractivity contribution in [3.05, 3.63) is 33.1 Å². The van der Waals surface area contributed by atoms with E-state index in [0.717, 1.165) is 0 Å². The molecule has 4 nitrogen and oxygen atoms in total. The van der Waals surface area contributed by atoms with E-state index < -0.39 is 17.8 Å². The summed E-state index contributed by atoms with van der Waals surface area (Å²) in [5.41, 5.74) is 0.390. The highest BCUT2D eigenvalue weighted by Gasteiger charge is 2.23. The van der Waals surface area contributed by atoms with E-state index in [2.05, 4.69) is 0 Å². The number of carboxylic acid groups (broad SMARTS) is 1. The molecule has 19 heavy (non-hydrogen) atoms. The average Bonchev–Trinajstić information content (AvgIpc) is 2.28. The topological polar surface area (TPSA) is 57.6 Å². The number of aliphatic carboxylic acids is 1. The van der Waals surface area contributed by atoms with E-state index in [4.69, 9.17) is 5.11 Å². The standard InChI is InChI=1S/C13H15FINO3/c1-3-16(8(2)6-12(17)18)13(19)10-5-4-9(14)7-11(10)15/h4-5,7-8H,3,6H2,1-2H3,(H,17,18). The quantitative estimate of drug-likeness (QED) is 0.801. The number of halogens is 2. The molecule has 1 atom stereocenters. The molecule has 0 bridgehead atoms. The van der Waals surface area contributed by atoms with Crippen molar-refractivity contribution in [3.8, 4) is 0 Å². The number of nitrogens with zero attached hydrogens (tertiary/aromatic N) is 1. The first-order valence-electron chi connectivity index (χ1n) is 5.84. The van der Waals surface area contributed by atoms with E-state index in [9.17, 15) is 14.0 Å². The minimum atomic E-state index is -0.951. The zero-order chi connectivity index (χ0) is 14.6. The molecule has 6 heteroatoms. The third kappa shape index (κ3) is 4.15. The Morgan fingerprint density at radius 1 is 1.47 bits per heavy atom. The smallest absolute Gasteiger partial charge is 0.305 e. The van der Waals surface area contributed by atoms with Gasteiger partial charge in [0, 0.05) is 16.2 Å². The summed E-state index contributed by atoms with van der Waals surface area (Å²) >= 11 is 1.90. The van der Waals surface area contributed by atoms with Crippen LogP contribution in [0.1, 0.15) is 30.6 Å². The van der Waals surface area contributed by atoms with Crippen LogP contribution in [0.4, 0.5) is 4.39 Å². The maximum absolute atomic E-state index is 13.0. The van der Waals surface area contributed by atoms with Gasteiger partial charge in [-0.2, -0.15) is 0 Å². The number of carbonyl (C=O) groups excluding carboxylic acids is 1. The van der Waals surface area contributed by atoms with Gasteiger partial charge in [-0.1, -0.05) is 0 Å². The minimum absolute atomic E-state index is 0.114. The molecule has 1 amide bonds. The highest BCUT2D eigenvalue weighted by molar-refractivity contribution is 14.1. The summed E-state index contributed by atoms with van der Waals surface area (Å²) in [6.45, 7) is 3.87. The van der Waals surface area contributed by atoms with Crippen LogP contribution in [0.15, 0.2) is 18.2 Å². The van der Waals surface area contributed by atoms with Crippen LogP contribution in [0.3, 0.4) is 0 Å². The first kappa shape index (κ1) is 15.9. The fourth-order valence-electron chi connectivity index (χ4n) is 1.84. The lowest BCUT2D eigenvalue weighted by Gasteiger charge is -2.27. The van der Waals surface area contributed by atoms with Gasteiger partial charge < -0.3 is 10.0 Å². The number of carbonyl (C=O) groups is 2. The van der Waals surface area contributed by atoms with E-state index in [1.54, 1.807) is 13.8 Å². The van der Waals surface area contributed by atoms with Gasteiger partial charge in [0.25, 0.3) is 5.91 Å². The summed E-state index contributed by atoms with van der Waals surface area (Å²) in [5, 5.41) is 8.78. The van der Waals surface area contributed by atoms with Crippen LogP contribution in [0.25, 0.3) is 0 Å². The molecule has 1 aromatic rings. The van der Waals surface area contributed by atoms with Crippen molar-refractivity contribution in [1.82, 2.24) is 4.90 Å². The third-order valence-electron chi connectivity index (χ3n) is 2.77. The first-order chi connectivity index (χ1) is 8.86. The summed E-state index contributed by atoms with van der Waals surface area (Å²) < 4.78 is 13.5. The molecule has 1 aromatic carbocycles. The molecule has 0 aliphatic rings. The fourth-order valence-corrected chi connectivity index (χ4v) is 2.54. The van der Waals surface area contributed by atoms with E-state index >= 15 is 0 Å². The number of hydrogen-bond acceptors (Lipinski definition) is 2. The van der Waals surface area contributed by atoms with E-state index in [-0.39, 0.29) is 12.3 Å². The van der Waals surface area contributed by atoms with Crippen LogP contribution in [0.5, 0.6) is 0 Å². The Balaban J connectivity index is 2.98. The Morgan fingerprint density at radius 2 is 2.11 bits per heavy atom. The van der Waals surface area contributed by atoms with Crippen LogP contribution in [0.2, 0.25) is 0 Å². The van der Waals surface area contributed by atoms with Crippen molar-refractivity contribution in [3.63, 3.8) is 0 Å². The Kier molecular flexibility index (Phi) is 5.71. The number of hydrogen-bond donors (Lipinski definition) is 1. The monoisotopic (exact) mass is 379 g/mol. The number of benzene rings is 1. The van der Waals surface area contributed by atoms with Gasteiger partial charge in [0.05, 0.1) is 12.0 Å². The Morgan fingerprint density at radius 3 is 2.58 bits per heavy atom. The van der Waals surface area contributed by atoms with Crippen molar-refractivity contribution in [2.45, 2.75) is 26.3 Å². The van der Waals surface area contributed by atoms with Gasteiger partial charge >= 0.3 is 5.97 Å². The molecule has 0 aromatic heterocycles. The van der Waals surface area contributed by atoms with Gasteiger partial charge in [0.2, 0.25) is 0 Å². The number of carboxylic acids is 1. The second-order valence-corrected chi connectivity index (χ2v) is 5.32. The normalized spacial score (nSPS) is 12.0. The van der Waals surface area contributed by atoms with Crippen LogP contribution in [-0.2, 0) is 4.79 Å². The Hall–Kier alpha value is -1.18. The Bertz CT molecular complexity index is 493. The summed E-state index contributed by atoms with van der Waals surface area (Å²) in [4.78, 5) is 24.5. The molecule has 0 radical (unpaired) electrons. The summed E-state index contributed by atoms with van der Waals surface area (Å²) in [6.07, 6.45) is -0.114. The van der Waals surface area contributed by atoms with Crippen molar-refractivity contribution >= 4 is 34.5 Å². The SMILES string of the molecule is CCN(C(=O)c1ccc(F)cc1I)C(C)CC(=O)O. The van der Waals surface area contributed by atoms with Gasteiger partial charge in [-0.25, -0.2) is 4.39 Å². The molecule has 104 valence electrons. The molecule has 1 rings (SSSR count). The number of rotatable bonds is 5. The molecule has 0 heterocycles. The molecule has 0 aliphatic carbocycles. The summed E-state index contributed by atoms with van der Waals surface area (Å²) in [6, 6.07) is 3.53. The van der Waals surface area contributed by atoms with Crippen LogP contribution < -0.4 is 0 Å². The maximum atomic E-state index is 13.0. The largest absolute Gasteiger partial charge is 0.481 e. The molecular weight excluding hydrogens is 364 g/mol. The molecule has 1 unspecified atom stereocenters. The average molecular weight is 379 g/mol. The fraction of sp³-hybridized carbons (Fsp3) is 0.385. The lowest BCUT2D eigenvalue weighted by Crippen LogP contribution is -2.40. The molecular formula is C13H15FINO3. The van der Waals surface area contributed by atoms with Crippen LogP contribution in [-0.4, -0.2) is 34.5 Å². The van der Waals surface area contributed by atoms with Gasteiger partial charge in [-0.05, 0) is 54.6 Å². The first-order valence-corrected chi connectivity index (χ1v) is 6.92. The van der Waals surface area contributed by atoms with Gasteiger partial charge in [-0.15, -0.1) is 0 Å². The van der Waals surface area contributed by atoms with Crippen molar-refractivity contribution < 1.29 is 19.1 Å². The molecule has 0 saturated heterocycles. The van der Waals surface area contributed by atoms with Gasteiger partial charge in [0.15, 0.2) is 0 Å². The minimum Gasteiger partial charge on any atom is -0.481 e. The highest BCUT2D eigenvalue weighted by Crippen LogP contribution is 2.18. The zero-order valence-electron chi connectivity index (χ0n) is 10.7. The predicted octanol–water partition coefficient (Wildman–Crippen LogP) is 2.76. The third-order valence-corrected chi connectivity index (χ3v) is 3.66. The second kappa shape index (κ2) is 6.83. The predicted molar refractivity (Wildman–Crippen MR) is 77.5 cm³/mol. The lowest BCUT2D eigenvalue weighted by atomic mass is 10.1. The maximum Gasteiger partial charge on any atom is 0.305 e.